The van der Waals surface area contributed by atoms with Crippen molar-refractivity contribution in [1.82, 2.24) is 0 Å². The minimum absolute atomic E-state index is 0.536. The van der Waals surface area contributed by atoms with E-state index < -0.39 is 10.2 Å². The molecule has 3 heteroatoms. The molecule has 1 aliphatic heterocycles. The Balaban J connectivity index is 2.26. The van der Waals surface area contributed by atoms with Gasteiger partial charge >= 0.3 is 0 Å². The fourth-order valence-electron chi connectivity index (χ4n) is 0.542. The monoisotopic (exact) mass is 136 g/mol. The minimum Gasteiger partial charge on any atom is -0.605 e. The van der Waals surface area contributed by atoms with Gasteiger partial charge in [-0.3, -0.25) is 0 Å². The molecule has 1 heterocycles. The van der Waals surface area contributed by atoms with Gasteiger partial charge in [0.1, 0.15) is 5.75 Å². The molecule has 42 valence electrons. The van der Waals surface area contributed by atoms with Gasteiger partial charge in [-0.1, -0.05) is 0 Å². The van der Waals surface area contributed by atoms with Gasteiger partial charge in [0.2, 0.25) is 0 Å². The van der Waals surface area contributed by atoms with Gasteiger partial charge in [0, 0.05) is 16.6 Å². The van der Waals surface area contributed by atoms with Crippen LogP contribution in [0.1, 0.15) is 13.3 Å². The Morgan fingerprint density at radius 3 is 2.71 bits per heavy atom. The molecule has 0 aliphatic carbocycles. The highest BCUT2D eigenvalue weighted by atomic mass is 33.1. The zero-order valence-electron chi connectivity index (χ0n) is 4.22. The fourth-order valence-corrected chi connectivity index (χ4v) is 3.88. The van der Waals surface area contributed by atoms with Crippen LogP contribution in [-0.2, 0) is 10.2 Å². The molecule has 0 spiro atoms. The van der Waals surface area contributed by atoms with Crippen molar-refractivity contribution in [2.75, 3.05) is 5.75 Å². The van der Waals surface area contributed by atoms with Gasteiger partial charge in [0.15, 0.2) is 0 Å². The highest BCUT2D eigenvalue weighted by Crippen LogP contribution is 2.30. The van der Waals surface area contributed by atoms with Gasteiger partial charge in [-0.15, -0.1) is 0 Å². The third kappa shape index (κ3) is 1.55. The summed E-state index contributed by atoms with van der Waals surface area (Å²) >= 11 is 0. The Morgan fingerprint density at radius 2 is 2.57 bits per heavy atom. The SMILES string of the molecule is CC1CC[S+]([O-])S1. The van der Waals surface area contributed by atoms with Crippen LogP contribution in [0.3, 0.4) is 0 Å². The average molecular weight is 136 g/mol. The predicted molar refractivity (Wildman–Crippen MR) is 34.7 cm³/mol. The van der Waals surface area contributed by atoms with Gasteiger partial charge < -0.3 is 4.55 Å². The largest absolute Gasteiger partial charge is 0.605 e. The lowest BCUT2D eigenvalue weighted by Crippen LogP contribution is -1.88. The van der Waals surface area contributed by atoms with Crippen molar-refractivity contribution in [1.29, 1.82) is 0 Å². The van der Waals surface area contributed by atoms with E-state index in [0.717, 1.165) is 12.2 Å². The standard InChI is InChI=1S/C4H8OS2/c1-4-2-3-7(5)6-4/h4H,2-3H2,1H3. The van der Waals surface area contributed by atoms with E-state index in [2.05, 4.69) is 6.92 Å². The van der Waals surface area contributed by atoms with E-state index in [0.29, 0.717) is 5.25 Å². The zero-order chi connectivity index (χ0) is 5.28. The van der Waals surface area contributed by atoms with Crippen LogP contribution in [0.15, 0.2) is 0 Å². The van der Waals surface area contributed by atoms with Crippen molar-refractivity contribution < 1.29 is 4.55 Å². The van der Waals surface area contributed by atoms with Crippen molar-refractivity contribution in [2.24, 2.45) is 0 Å². The summed E-state index contributed by atoms with van der Waals surface area (Å²) in [5, 5.41) is 0.640. The first-order valence-corrected chi connectivity index (χ1v) is 5.06. The second-order valence-corrected chi connectivity index (χ2v) is 5.41. The van der Waals surface area contributed by atoms with Crippen LogP contribution >= 0.6 is 10.8 Å². The molecule has 1 rings (SSSR count). The van der Waals surface area contributed by atoms with E-state index in [4.69, 9.17) is 0 Å². The van der Waals surface area contributed by atoms with E-state index >= 15 is 0 Å². The van der Waals surface area contributed by atoms with E-state index in [1.807, 2.05) is 0 Å². The summed E-state index contributed by atoms with van der Waals surface area (Å²) in [7, 11) is 1.06. The van der Waals surface area contributed by atoms with Gasteiger partial charge in [-0.05, 0) is 6.92 Å². The molecule has 7 heavy (non-hydrogen) atoms. The summed E-state index contributed by atoms with van der Waals surface area (Å²) in [5.74, 6) is 0.909. The lowest BCUT2D eigenvalue weighted by Gasteiger charge is -1.94. The smallest absolute Gasteiger partial charge is 0.119 e. The maximum atomic E-state index is 10.5. The normalized spacial score (nSPS) is 42.0. The minimum atomic E-state index is -0.536. The molecular formula is C4H8OS2. The second-order valence-electron chi connectivity index (χ2n) is 1.70. The Morgan fingerprint density at radius 1 is 1.86 bits per heavy atom. The molecule has 2 unspecified atom stereocenters. The molecule has 1 aliphatic rings. The Hall–Kier alpha value is 0.660. The molecule has 1 saturated heterocycles. The first kappa shape index (κ1) is 5.79. The molecule has 0 amide bonds. The predicted octanol–water partition coefficient (Wildman–Crippen LogP) is 1.18. The Kier molecular flexibility index (Phi) is 1.89. The van der Waals surface area contributed by atoms with Crippen molar-refractivity contribution in [2.45, 2.75) is 18.6 Å². The number of rotatable bonds is 0. The van der Waals surface area contributed by atoms with Gasteiger partial charge in [0.05, 0.1) is 16.0 Å². The van der Waals surface area contributed by atoms with Crippen LogP contribution in [0.5, 0.6) is 0 Å². The topological polar surface area (TPSA) is 23.1 Å². The van der Waals surface area contributed by atoms with Crippen molar-refractivity contribution >= 4 is 21.0 Å². The third-order valence-electron chi connectivity index (χ3n) is 0.963. The molecule has 0 saturated carbocycles. The molecule has 2 atom stereocenters. The summed E-state index contributed by atoms with van der Waals surface area (Å²) in [6.45, 7) is 2.12. The van der Waals surface area contributed by atoms with Crippen molar-refractivity contribution in [3.05, 3.63) is 0 Å². The highest BCUT2D eigenvalue weighted by Gasteiger charge is 2.23. The van der Waals surface area contributed by atoms with Gasteiger partial charge in [0.25, 0.3) is 0 Å². The van der Waals surface area contributed by atoms with Crippen LogP contribution in [0.4, 0.5) is 0 Å². The highest BCUT2D eigenvalue weighted by molar-refractivity contribution is 8.72. The summed E-state index contributed by atoms with van der Waals surface area (Å²) < 4.78 is 10.5. The lowest BCUT2D eigenvalue weighted by molar-refractivity contribution is 0.609. The molecule has 0 radical (unpaired) electrons. The first-order valence-electron chi connectivity index (χ1n) is 2.34. The van der Waals surface area contributed by atoms with Crippen molar-refractivity contribution in [3.8, 4) is 0 Å². The molecule has 1 fully saturated rings. The second kappa shape index (κ2) is 2.29. The van der Waals surface area contributed by atoms with E-state index in [9.17, 15) is 4.55 Å². The lowest BCUT2D eigenvalue weighted by atomic mass is 10.4. The average Bonchev–Trinajstić information content (AvgIpc) is 1.87. The Bertz CT molecular complexity index is 58.7. The molecule has 0 aromatic carbocycles. The van der Waals surface area contributed by atoms with Crippen LogP contribution in [-0.4, -0.2) is 15.6 Å². The maximum Gasteiger partial charge on any atom is 0.119 e. The van der Waals surface area contributed by atoms with E-state index in [-0.39, 0.29) is 0 Å². The van der Waals surface area contributed by atoms with Crippen LogP contribution < -0.4 is 0 Å². The third-order valence-corrected chi connectivity index (χ3v) is 4.44. The summed E-state index contributed by atoms with van der Waals surface area (Å²) in [6, 6.07) is 0. The molecule has 0 aromatic heterocycles. The van der Waals surface area contributed by atoms with Crippen molar-refractivity contribution in [3.63, 3.8) is 0 Å². The van der Waals surface area contributed by atoms with Crippen LogP contribution in [0.2, 0.25) is 0 Å². The molecule has 0 N–H and O–H groups in total. The molecular weight excluding hydrogens is 128 g/mol. The number of hydrogen-bond donors (Lipinski definition) is 0. The Labute approximate surface area is 50.4 Å². The molecule has 0 aromatic rings. The summed E-state index contributed by atoms with van der Waals surface area (Å²) in [5.41, 5.74) is 0. The number of hydrogen-bond acceptors (Lipinski definition) is 2. The van der Waals surface area contributed by atoms with Gasteiger partial charge in [-0.2, -0.15) is 0 Å². The first-order chi connectivity index (χ1) is 3.29. The zero-order valence-corrected chi connectivity index (χ0v) is 5.85. The molecule has 1 nitrogen and oxygen atoms in total. The fraction of sp³-hybridized carbons (Fsp3) is 1.00. The summed E-state index contributed by atoms with van der Waals surface area (Å²) in [4.78, 5) is 0. The molecule has 0 bridgehead atoms. The van der Waals surface area contributed by atoms with Crippen LogP contribution in [0, 0.1) is 0 Å². The van der Waals surface area contributed by atoms with Crippen LogP contribution in [0.25, 0.3) is 0 Å². The van der Waals surface area contributed by atoms with Gasteiger partial charge in [-0.25, -0.2) is 0 Å². The van der Waals surface area contributed by atoms with E-state index in [1.165, 1.54) is 0 Å². The summed E-state index contributed by atoms with van der Waals surface area (Å²) in [6.07, 6.45) is 1.14. The quantitative estimate of drug-likeness (QED) is 0.368. The maximum absolute atomic E-state index is 10.5. The van der Waals surface area contributed by atoms with E-state index in [1.54, 1.807) is 10.8 Å².